The van der Waals surface area contributed by atoms with Crippen molar-refractivity contribution in [3.63, 3.8) is 0 Å². The summed E-state index contributed by atoms with van der Waals surface area (Å²) in [4.78, 5) is 20.4. The largest absolute Gasteiger partial charge is 0.354 e. The Hall–Kier alpha value is -1.26. The van der Waals surface area contributed by atoms with Crippen molar-refractivity contribution in [3.8, 4) is 0 Å². The highest BCUT2D eigenvalue weighted by Crippen LogP contribution is 2.45. The van der Waals surface area contributed by atoms with Crippen LogP contribution in [-0.4, -0.2) is 61.4 Å². The molecular formula is C17H32N4O. The molecule has 0 aromatic heterocycles. The van der Waals surface area contributed by atoms with Gasteiger partial charge in [-0.05, 0) is 38.0 Å². The number of amides is 1. The molecule has 1 heterocycles. The molecule has 2 fully saturated rings. The zero-order chi connectivity index (χ0) is 16.2. The van der Waals surface area contributed by atoms with Crippen molar-refractivity contribution in [1.82, 2.24) is 15.1 Å². The number of likely N-dealkylation sites (tertiary alicyclic amines) is 1. The number of rotatable bonds is 4. The van der Waals surface area contributed by atoms with Gasteiger partial charge in [0.15, 0.2) is 5.96 Å². The highest BCUT2D eigenvalue weighted by molar-refractivity contribution is 5.85. The van der Waals surface area contributed by atoms with E-state index in [9.17, 15) is 4.79 Å². The molecule has 1 aliphatic heterocycles. The average molecular weight is 308 g/mol. The van der Waals surface area contributed by atoms with Crippen LogP contribution >= 0.6 is 0 Å². The molecule has 0 radical (unpaired) electrons. The van der Waals surface area contributed by atoms with Crippen molar-refractivity contribution in [2.45, 2.75) is 58.4 Å². The Balaban J connectivity index is 2.04. The topological polar surface area (TPSA) is 47.9 Å². The molecule has 0 aromatic rings. The number of nitrogens with zero attached hydrogens (tertiary/aromatic N) is 3. The molecule has 1 atom stereocenters. The third-order valence-electron chi connectivity index (χ3n) is 5.25. The van der Waals surface area contributed by atoms with Crippen molar-refractivity contribution in [2.75, 3.05) is 33.7 Å². The highest BCUT2D eigenvalue weighted by atomic mass is 16.2. The third kappa shape index (κ3) is 4.14. The van der Waals surface area contributed by atoms with Crippen molar-refractivity contribution in [3.05, 3.63) is 0 Å². The van der Waals surface area contributed by atoms with Gasteiger partial charge in [-0.2, -0.15) is 0 Å². The minimum Gasteiger partial charge on any atom is -0.354 e. The third-order valence-corrected chi connectivity index (χ3v) is 5.25. The van der Waals surface area contributed by atoms with Gasteiger partial charge in [0.25, 0.3) is 0 Å². The normalized spacial score (nSPS) is 22.2. The number of carbonyl (C=O) groups excluding carboxylic acids is 1. The summed E-state index contributed by atoms with van der Waals surface area (Å²) < 4.78 is 0. The van der Waals surface area contributed by atoms with Gasteiger partial charge < -0.3 is 15.1 Å². The lowest BCUT2D eigenvalue weighted by molar-refractivity contribution is -0.127. The Morgan fingerprint density at radius 1 is 1.32 bits per heavy atom. The molecule has 5 nitrogen and oxygen atoms in total. The lowest BCUT2D eigenvalue weighted by Gasteiger charge is -2.27. The van der Waals surface area contributed by atoms with Crippen LogP contribution < -0.4 is 5.32 Å². The predicted octanol–water partition coefficient (Wildman–Crippen LogP) is 2.08. The van der Waals surface area contributed by atoms with Gasteiger partial charge in [0.05, 0.1) is 0 Å². The highest BCUT2D eigenvalue weighted by Gasteiger charge is 2.41. The van der Waals surface area contributed by atoms with Crippen LogP contribution in [0.3, 0.4) is 0 Å². The zero-order valence-corrected chi connectivity index (χ0v) is 14.7. The lowest BCUT2D eigenvalue weighted by Crippen LogP contribution is -2.45. The maximum Gasteiger partial charge on any atom is 0.243 e. The van der Waals surface area contributed by atoms with E-state index in [1.54, 1.807) is 19.0 Å². The van der Waals surface area contributed by atoms with Crippen molar-refractivity contribution >= 4 is 11.9 Å². The molecule has 0 bridgehead atoms. The van der Waals surface area contributed by atoms with Crippen LogP contribution in [-0.2, 0) is 4.79 Å². The maximum atomic E-state index is 11.8. The monoisotopic (exact) mass is 308 g/mol. The van der Waals surface area contributed by atoms with Gasteiger partial charge >= 0.3 is 0 Å². The second kappa shape index (κ2) is 7.34. The molecule has 1 unspecified atom stereocenters. The van der Waals surface area contributed by atoms with Crippen LogP contribution in [0.2, 0.25) is 0 Å². The van der Waals surface area contributed by atoms with Crippen molar-refractivity contribution < 1.29 is 4.79 Å². The molecule has 1 aliphatic carbocycles. The molecule has 2 rings (SSSR count). The number of aliphatic imine (C=N–C) groups is 1. The van der Waals surface area contributed by atoms with E-state index in [2.05, 4.69) is 29.1 Å². The molecule has 1 spiro atoms. The fourth-order valence-electron chi connectivity index (χ4n) is 3.49. The van der Waals surface area contributed by atoms with Crippen molar-refractivity contribution in [2.24, 2.45) is 10.4 Å². The Morgan fingerprint density at radius 3 is 2.59 bits per heavy atom. The Morgan fingerprint density at radius 2 is 2.00 bits per heavy atom. The smallest absolute Gasteiger partial charge is 0.243 e. The van der Waals surface area contributed by atoms with E-state index in [1.807, 2.05) is 0 Å². The molecule has 2 aliphatic rings. The minimum atomic E-state index is 0.0539. The molecule has 1 N–H and O–H groups in total. The van der Waals surface area contributed by atoms with Crippen LogP contribution in [0.5, 0.6) is 0 Å². The quantitative estimate of drug-likeness (QED) is 0.639. The fraction of sp³-hybridized carbons (Fsp3) is 0.882. The van der Waals surface area contributed by atoms with E-state index in [4.69, 9.17) is 0 Å². The number of hydrogen-bond donors (Lipinski definition) is 1. The fourth-order valence-corrected chi connectivity index (χ4v) is 3.49. The van der Waals surface area contributed by atoms with E-state index < -0.39 is 0 Å². The number of guanidine groups is 1. The van der Waals surface area contributed by atoms with Gasteiger partial charge in [0, 0.05) is 33.2 Å². The van der Waals surface area contributed by atoms with Crippen LogP contribution in [0, 0.1) is 5.41 Å². The van der Waals surface area contributed by atoms with Gasteiger partial charge in [0.2, 0.25) is 5.91 Å². The minimum absolute atomic E-state index is 0.0539. The molecule has 1 amide bonds. The molecular weight excluding hydrogens is 276 g/mol. The van der Waals surface area contributed by atoms with Gasteiger partial charge in [-0.15, -0.1) is 0 Å². The number of likely N-dealkylation sites (N-methyl/N-ethyl adjacent to an activating group) is 1. The van der Waals surface area contributed by atoms with Gasteiger partial charge in [0.1, 0.15) is 6.54 Å². The first kappa shape index (κ1) is 17.1. The molecule has 1 saturated heterocycles. The summed E-state index contributed by atoms with van der Waals surface area (Å²) in [5.74, 6) is 0.978. The summed E-state index contributed by atoms with van der Waals surface area (Å²) in [7, 11) is 3.56. The van der Waals surface area contributed by atoms with E-state index >= 15 is 0 Å². The number of hydrogen-bond acceptors (Lipinski definition) is 2. The summed E-state index contributed by atoms with van der Waals surface area (Å²) >= 11 is 0. The van der Waals surface area contributed by atoms with Gasteiger partial charge in [-0.25, -0.2) is 4.99 Å². The van der Waals surface area contributed by atoms with Crippen molar-refractivity contribution in [1.29, 1.82) is 0 Å². The van der Waals surface area contributed by atoms with Crippen LogP contribution in [0.1, 0.15) is 52.4 Å². The summed E-state index contributed by atoms with van der Waals surface area (Å²) in [6, 6.07) is 0.383. The summed E-state index contributed by atoms with van der Waals surface area (Å²) in [5.41, 5.74) is 0.517. The molecule has 0 aromatic carbocycles. The summed E-state index contributed by atoms with van der Waals surface area (Å²) in [5, 5.41) is 3.51. The Kier molecular flexibility index (Phi) is 5.70. The first-order valence-corrected chi connectivity index (χ1v) is 8.72. The van der Waals surface area contributed by atoms with Crippen LogP contribution in [0.25, 0.3) is 0 Å². The molecule has 1 saturated carbocycles. The van der Waals surface area contributed by atoms with E-state index in [-0.39, 0.29) is 12.5 Å². The number of nitrogens with one attached hydrogen (secondary N) is 1. The van der Waals surface area contributed by atoms with E-state index in [0.29, 0.717) is 11.5 Å². The standard InChI is InChI=1S/C17H32N4O/c1-5-14(2)19-16(18-12-15(22)20(3)4)21-11-10-17(13-21)8-6-7-9-17/h14H,5-13H2,1-4H3,(H,18,19). The second-order valence-electron chi connectivity index (χ2n) is 7.26. The summed E-state index contributed by atoms with van der Waals surface area (Å²) in [6.07, 6.45) is 7.79. The van der Waals surface area contributed by atoms with Crippen LogP contribution in [0.15, 0.2) is 4.99 Å². The van der Waals surface area contributed by atoms with Gasteiger partial charge in [-0.3, -0.25) is 4.79 Å². The van der Waals surface area contributed by atoms with E-state index in [1.165, 1.54) is 32.1 Å². The maximum absolute atomic E-state index is 11.8. The average Bonchev–Trinajstić information content (AvgIpc) is 3.13. The Bertz CT molecular complexity index is 413. The SMILES string of the molecule is CCC(C)NC(=NCC(=O)N(C)C)N1CCC2(CCCC2)C1. The Labute approximate surface area is 135 Å². The van der Waals surface area contributed by atoms with E-state index in [0.717, 1.165) is 25.5 Å². The molecule has 5 heteroatoms. The predicted molar refractivity (Wildman–Crippen MR) is 91.0 cm³/mol. The lowest BCUT2D eigenvalue weighted by atomic mass is 9.86. The zero-order valence-electron chi connectivity index (χ0n) is 14.7. The summed E-state index contributed by atoms with van der Waals surface area (Å²) in [6.45, 7) is 6.74. The van der Waals surface area contributed by atoms with Crippen LogP contribution in [0.4, 0.5) is 0 Å². The first-order chi connectivity index (χ1) is 10.5. The first-order valence-electron chi connectivity index (χ1n) is 8.72. The number of carbonyl (C=O) groups is 1. The second-order valence-corrected chi connectivity index (χ2v) is 7.26. The molecule has 126 valence electrons. The molecule has 22 heavy (non-hydrogen) atoms. The van der Waals surface area contributed by atoms with Gasteiger partial charge in [-0.1, -0.05) is 19.8 Å².